The largest absolute Gasteiger partial charge is 0.332 e. The van der Waals surface area contributed by atoms with Gasteiger partial charge in [0.25, 0.3) is 0 Å². The van der Waals surface area contributed by atoms with Crippen molar-refractivity contribution in [1.29, 1.82) is 0 Å². The van der Waals surface area contributed by atoms with Crippen molar-refractivity contribution in [3.63, 3.8) is 0 Å². The van der Waals surface area contributed by atoms with E-state index >= 15 is 0 Å². The zero-order valence-corrected chi connectivity index (χ0v) is 17.2. The van der Waals surface area contributed by atoms with Gasteiger partial charge in [-0.25, -0.2) is 0 Å². The van der Waals surface area contributed by atoms with E-state index in [0.717, 1.165) is 0 Å². The van der Waals surface area contributed by atoms with Crippen molar-refractivity contribution in [2.45, 2.75) is 80.1 Å². The summed E-state index contributed by atoms with van der Waals surface area (Å²) in [7, 11) is 0. The molecule has 118 valence electrons. The molecule has 0 fully saturated rings. The number of hydrogen-bond donors (Lipinski definition) is 1. The molecule has 1 aliphatic rings. The first kappa shape index (κ1) is 28.0. The van der Waals surface area contributed by atoms with Crippen molar-refractivity contribution in [3.05, 3.63) is 30.0 Å². The number of nitrogens with one attached hydrogen (secondary N) is 1. The third kappa shape index (κ3) is 43.1. The van der Waals surface area contributed by atoms with Crippen molar-refractivity contribution in [2.75, 3.05) is 0 Å². The molecule has 1 N–H and O–H groups in total. The van der Waals surface area contributed by atoms with Crippen molar-refractivity contribution in [2.24, 2.45) is 0 Å². The van der Waals surface area contributed by atoms with Crippen LogP contribution in [0.1, 0.15) is 80.1 Å². The molecule has 0 amide bonds. The summed E-state index contributed by atoms with van der Waals surface area (Å²) in [4.78, 5) is 0. The second-order valence-electron chi connectivity index (χ2n) is 4.14. The maximum absolute atomic E-state index is 11.8. The minimum Gasteiger partial charge on any atom is -0.332 e. The fraction of sp³-hybridized carbons (Fsp3) is 0.706. The first-order valence-corrected chi connectivity index (χ1v) is 7.67. The fourth-order valence-corrected chi connectivity index (χ4v) is 0.328. The van der Waals surface area contributed by atoms with Crippen LogP contribution in [0.3, 0.4) is 0 Å². The number of rotatable bonds is 3. The summed E-state index contributed by atoms with van der Waals surface area (Å²) in [6.45, 7) is 13.1. The van der Waals surface area contributed by atoms with Crippen LogP contribution < -0.4 is 5.32 Å². The van der Waals surface area contributed by atoms with Gasteiger partial charge in [0.15, 0.2) is 5.95 Å². The summed E-state index contributed by atoms with van der Waals surface area (Å²) in [6.07, 6.45) is 12.1. The van der Waals surface area contributed by atoms with Crippen LogP contribution >= 0.6 is 0 Å². The molecule has 4 radical (unpaired) electrons. The van der Waals surface area contributed by atoms with Crippen LogP contribution in [-0.4, -0.2) is 23.9 Å². The molecule has 0 atom stereocenters. The standard InChI is InChI=1S/C5H4FN.3C4H10.Sn/c6-5-3-1-2-4-7-5;3*1-3-4-2;/h1,3-4,7H;3*3-4H2,1-2H3;. The quantitative estimate of drug-likeness (QED) is 0.349. The summed E-state index contributed by atoms with van der Waals surface area (Å²) in [6, 6.07) is 0. The van der Waals surface area contributed by atoms with E-state index in [9.17, 15) is 4.39 Å². The van der Waals surface area contributed by atoms with E-state index in [1.54, 1.807) is 0 Å². The van der Waals surface area contributed by atoms with E-state index < -0.39 is 0 Å². The predicted octanol–water partition coefficient (Wildman–Crippen LogP) is 6.11. The number of halogens is 1. The molecule has 1 rings (SSSR count). The molecule has 1 aliphatic heterocycles. The Hall–Kier alpha value is -0.211. The molecule has 0 aromatic heterocycles. The van der Waals surface area contributed by atoms with E-state index in [4.69, 9.17) is 0 Å². The molecule has 0 aliphatic carbocycles. The van der Waals surface area contributed by atoms with Gasteiger partial charge in [-0.1, -0.05) is 80.1 Å². The van der Waals surface area contributed by atoms with E-state index in [1.807, 2.05) is 0 Å². The van der Waals surface area contributed by atoms with E-state index in [1.165, 1.54) is 56.9 Å². The molecule has 1 nitrogen and oxygen atoms in total. The van der Waals surface area contributed by atoms with Crippen LogP contribution in [-0.2, 0) is 0 Å². The average molecular weight is 390 g/mol. The molecule has 20 heavy (non-hydrogen) atoms. The minimum atomic E-state index is -0.334. The summed E-state index contributed by atoms with van der Waals surface area (Å²) < 4.78 is 11.8. The van der Waals surface area contributed by atoms with Crippen molar-refractivity contribution in [3.8, 4) is 0 Å². The van der Waals surface area contributed by atoms with Gasteiger partial charge >= 0.3 is 0 Å². The molecule has 0 aromatic rings. The number of allylic oxidation sites excluding steroid dienone is 2. The minimum absolute atomic E-state index is 0. The maximum Gasteiger partial charge on any atom is 0.192 e. The predicted molar refractivity (Wildman–Crippen MR) is 92.5 cm³/mol. The molecule has 0 bridgehead atoms. The van der Waals surface area contributed by atoms with Crippen LogP contribution in [0.15, 0.2) is 30.0 Å². The van der Waals surface area contributed by atoms with Crippen LogP contribution in [0.2, 0.25) is 0 Å². The van der Waals surface area contributed by atoms with Crippen LogP contribution in [0.25, 0.3) is 0 Å². The van der Waals surface area contributed by atoms with Crippen molar-refractivity contribution < 1.29 is 4.39 Å². The Morgan fingerprint density at radius 2 is 1.20 bits per heavy atom. The molecule has 0 unspecified atom stereocenters. The Morgan fingerprint density at radius 1 is 0.850 bits per heavy atom. The zero-order chi connectivity index (χ0) is 15.4. The normalized spacial score (nSPS) is 10.1. The van der Waals surface area contributed by atoms with E-state index in [2.05, 4.69) is 52.6 Å². The van der Waals surface area contributed by atoms with Gasteiger partial charge in [-0.15, -0.1) is 5.73 Å². The molecule has 1 heterocycles. The van der Waals surface area contributed by atoms with Gasteiger partial charge in [-0.05, 0) is 12.2 Å². The van der Waals surface area contributed by atoms with E-state index in [0.29, 0.717) is 0 Å². The summed E-state index contributed by atoms with van der Waals surface area (Å²) >= 11 is 0. The number of hydrogen-bond acceptors (Lipinski definition) is 1. The smallest absolute Gasteiger partial charge is 0.192 e. The second-order valence-corrected chi connectivity index (χ2v) is 4.14. The molecular weight excluding hydrogens is 356 g/mol. The van der Waals surface area contributed by atoms with Gasteiger partial charge in [0.1, 0.15) is 0 Å². The molecular formula is C17H34FNSn. The third-order valence-corrected chi connectivity index (χ3v) is 2.12. The summed E-state index contributed by atoms with van der Waals surface area (Å²) in [5.41, 5.74) is 2.64. The monoisotopic (exact) mass is 391 g/mol. The Kier molecular flexibility index (Phi) is 43.8. The Labute approximate surface area is 143 Å². The Morgan fingerprint density at radius 3 is 1.30 bits per heavy atom. The van der Waals surface area contributed by atoms with Gasteiger partial charge in [0.05, 0.1) is 0 Å². The topological polar surface area (TPSA) is 12.0 Å². The fourth-order valence-electron chi connectivity index (χ4n) is 0.328. The maximum atomic E-state index is 11.8. The van der Waals surface area contributed by atoms with Gasteiger partial charge in [0.2, 0.25) is 0 Å². The first-order chi connectivity index (χ1) is 9.14. The SMILES string of the molecule is CCCC.CCCC.CCCC.FC1=CC=C=CN1.[Sn]. The van der Waals surface area contributed by atoms with E-state index in [-0.39, 0.29) is 29.9 Å². The second kappa shape index (κ2) is 31.3. The molecule has 0 saturated carbocycles. The molecule has 0 spiro atoms. The summed E-state index contributed by atoms with van der Waals surface area (Å²) in [5.74, 6) is -0.334. The molecule has 3 heteroatoms. The van der Waals surface area contributed by atoms with Gasteiger partial charge in [-0.3, -0.25) is 0 Å². The molecule has 0 saturated heterocycles. The van der Waals surface area contributed by atoms with Gasteiger partial charge < -0.3 is 5.32 Å². The van der Waals surface area contributed by atoms with Crippen molar-refractivity contribution >= 4 is 23.9 Å². The van der Waals surface area contributed by atoms with Crippen LogP contribution in [0.5, 0.6) is 0 Å². The molecule has 0 aromatic carbocycles. The Balaban J connectivity index is -0.0000000881. The summed E-state index contributed by atoms with van der Waals surface area (Å²) in [5, 5.41) is 2.31. The number of unbranched alkanes of at least 4 members (excludes halogenated alkanes) is 3. The van der Waals surface area contributed by atoms with Crippen LogP contribution in [0.4, 0.5) is 4.39 Å². The first-order valence-electron chi connectivity index (χ1n) is 7.67. The Bertz CT molecular complexity index is 216. The van der Waals surface area contributed by atoms with Gasteiger partial charge in [0, 0.05) is 30.1 Å². The average Bonchev–Trinajstić information content (AvgIpc) is 2.48. The van der Waals surface area contributed by atoms with Gasteiger partial charge in [-0.2, -0.15) is 4.39 Å². The zero-order valence-electron chi connectivity index (χ0n) is 14.4. The third-order valence-electron chi connectivity index (χ3n) is 2.12. The van der Waals surface area contributed by atoms with Crippen molar-refractivity contribution in [1.82, 2.24) is 5.32 Å². The van der Waals surface area contributed by atoms with Crippen LogP contribution in [0, 0.1) is 0 Å².